The molecule has 1 heterocycles. The van der Waals surface area contributed by atoms with Gasteiger partial charge in [0.15, 0.2) is 0 Å². The van der Waals surface area contributed by atoms with Crippen molar-refractivity contribution in [2.75, 3.05) is 0 Å². The molecule has 0 amide bonds. The van der Waals surface area contributed by atoms with Crippen LogP contribution in [0.2, 0.25) is 0 Å². The van der Waals surface area contributed by atoms with Gasteiger partial charge in [-0.2, -0.15) is 0 Å². The van der Waals surface area contributed by atoms with E-state index in [1.54, 1.807) is 24.4 Å². The zero-order valence-electron chi connectivity index (χ0n) is 11.9. The Kier molecular flexibility index (Phi) is 6.10. The van der Waals surface area contributed by atoms with Gasteiger partial charge in [0.1, 0.15) is 18.2 Å². The molecule has 0 aliphatic heterocycles. The number of carboxylic acids is 3. The summed E-state index contributed by atoms with van der Waals surface area (Å²) in [5, 5.41) is 34.3. The van der Waals surface area contributed by atoms with Crippen LogP contribution in [0.1, 0.15) is 12.0 Å². The Bertz CT molecular complexity index is 711. The third-order valence-electron chi connectivity index (χ3n) is 2.81. The standard InChI is InChI=1S/C11H12N2O3.C3H4O4/c12-9(11(15)16)3-6-5-13-10-2-1-7(14)4-8(6)10;4-2(5)1-3(6)7/h1-2,4-5,9,13-14H,3,12H2,(H,15,16);1H2,(H,4,5)(H,6,7)/t9-;/m0./s1. The average Bonchev–Trinajstić information content (AvgIpc) is 2.80. The van der Waals surface area contributed by atoms with E-state index in [1.165, 1.54) is 0 Å². The molecule has 124 valence electrons. The first-order valence-electron chi connectivity index (χ1n) is 6.41. The van der Waals surface area contributed by atoms with Gasteiger partial charge in [-0.15, -0.1) is 0 Å². The van der Waals surface area contributed by atoms with Crippen LogP contribution < -0.4 is 5.73 Å². The van der Waals surface area contributed by atoms with Crippen molar-refractivity contribution >= 4 is 28.8 Å². The van der Waals surface area contributed by atoms with E-state index in [2.05, 4.69) is 4.98 Å². The molecule has 0 aliphatic carbocycles. The lowest BCUT2D eigenvalue weighted by Crippen LogP contribution is -2.32. The summed E-state index contributed by atoms with van der Waals surface area (Å²) in [4.78, 5) is 32.5. The number of nitrogens with two attached hydrogens (primary N) is 1. The number of fused-ring (bicyclic) bond motifs is 1. The highest BCUT2D eigenvalue weighted by atomic mass is 16.4. The number of hydrogen-bond acceptors (Lipinski definition) is 5. The van der Waals surface area contributed by atoms with Crippen LogP contribution in [0.3, 0.4) is 0 Å². The fourth-order valence-corrected chi connectivity index (χ4v) is 1.79. The summed E-state index contributed by atoms with van der Waals surface area (Å²) >= 11 is 0. The van der Waals surface area contributed by atoms with Crippen LogP contribution in [0.15, 0.2) is 24.4 Å². The largest absolute Gasteiger partial charge is 0.508 e. The van der Waals surface area contributed by atoms with Gasteiger partial charge >= 0.3 is 17.9 Å². The summed E-state index contributed by atoms with van der Waals surface area (Å²) in [6.07, 6.45) is 1.14. The molecule has 0 fully saturated rings. The van der Waals surface area contributed by atoms with Gasteiger partial charge in [-0.1, -0.05) is 0 Å². The van der Waals surface area contributed by atoms with Gasteiger partial charge in [0.25, 0.3) is 0 Å². The SMILES string of the molecule is N[C@@H](Cc1c[nH]c2ccc(O)cc12)C(=O)O.O=C(O)CC(=O)O. The van der Waals surface area contributed by atoms with E-state index in [-0.39, 0.29) is 12.2 Å². The second-order valence-corrected chi connectivity index (χ2v) is 4.66. The van der Waals surface area contributed by atoms with Crippen molar-refractivity contribution in [3.8, 4) is 5.75 Å². The first-order valence-corrected chi connectivity index (χ1v) is 6.41. The number of carboxylic acid groups (broad SMARTS) is 3. The number of carbonyl (C=O) groups is 3. The molecule has 0 saturated carbocycles. The molecule has 0 spiro atoms. The number of aromatic amines is 1. The lowest BCUT2D eigenvalue weighted by Gasteiger charge is -2.04. The Balaban J connectivity index is 0.000000322. The fourth-order valence-electron chi connectivity index (χ4n) is 1.79. The van der Waals surface area contributed by atoms with Gasteiger partial charge in [0, 0.05) is 23.5 Å². The zero-order valence-corrected chi connectivity index (χ0v) is 11.9. The molecule has 0 bridgehead atoms. The smallest absolute Gasteiger partial charge is 0.320 e. The van der Waals surface area contributed by atoms with Crippen LogP contribution in [-0.2, 0) is 20.8 Å². The molecular formula is C14H16N2O7. The number of hydrogen-bond donors (Lipinski definition) is 6. The quantitative estimate of drug-likeness (QED) is 0.428. The second-order valence-electron chi connectivity index (χ2n) is 4.66. The molecule has 7 N–H and O–H groups in total. The molecule has 9 nitrogen and oxygen atoms in total. The molecule has 2 aromatic rings. The predicted octanol–water partition coefficient (Wildman–Crippen LogP) is 0.374. The van der Waals surface area contributed by atoms with Gasteiger partial charge in [-0.05, 0) is 23.8 Å². The lowest BCUT2D eigenvalue weighted by atomic mass is 10.1. The zero-order chi connectivity index (χ0) is 17.6. The van der Waals surface area contributed by atoms with Gasteiger partial charge in [0.2, 0.25) is 0 Å². The predicted molar refractivity (Wildman–Crippen MR) is 79.2 cm³/mol. The minimum atomic E-state index is -1.31. The first kappa shape index (κ1) is 18.0. The fraction of sp³-hybridized carbons (Fsp3) is 0.214. The van der Waals surface area contributed by atoms with Crippen LogP contribution >= 0.6 is 0 Å². The third kappa shape index (κ3) is 5.67. The van der Waals surface area contributed by atoms with Crippen molar-refractivity contribution < 1.29 is 34.8 Å². The molecule has 1 aromatic carbocycles. The number of aromatic hydroxyl groups is 1. The van der Waals surface area contributed by atoms with Gasteiger partial charge in [0.05, 0.1) is 0 Å². The highest BCUT2D eigenvalue weighted by molar-refractivity contribution is 5.88. The van der Waals surface area contributed by atoms with Crippen molar-refractivity contribution in [2.45, 2.75) is 18.9 Å². The van der Waals surface area contributed by atoms with E-state index >= 15 is 0 Å². The van der Waals surface area contributed by atoms with E-state index in [4.69, 9.17) is 21.1 Å². The molecule has 0 saturated heterocycles. The maximum absolute atomic E-state index is 10.6. The lowest BCUT2D eigenvalue weighted by molar-refractivity contribution is -0.147. The van der Waals surface area contributed by atoms with Crippen molar-refractivity contribution in [1.29, 1.82) is 0 Å². The summed E-state index contributed by atoms with van der Waals surface area (Å²) in [6, 6.07) is 3.97. The highest BCUT2D eigenvalue weighted by Gasteiger charge is 2.14. The number of aliphatic carboxylic acids is 3. The van der Waals surface area contributed by atoms with Crippen LogP contribution in [-0.4, -0.2) is 49.4 Å². The molecule has 23 heavy (non-hydrogen) atoms. The number of benzene rings is 1. The van der Waals surface area contributed by atoms with Gasteiger partial charge < -0.3 is 31.1 Å². The first-order chi connectivity index (χ1) is 10.7. The van der Waals surface area contributed by atoms with Crippen LogP contribution in [0.25, 0.3) is 10.9 Å². The van der Waals surface area contributed by atoms with Crippen LogP contribution in [0.4, 0.5) is 0 Å². The van der Waals surface area contributed by atoms with Crippen molar-refractivity contribution in [3.63, 3.8) is 0 Å². The Labute approximate surface area is 130 Å². The summed E-state index contributed by atoms with van der Waals surface area (Å²) in [7, 11) is 0. The van der Waals surface area contributed by atoms with Crippen molar-refractivity contribution in [1.82, 2.24) is 4.98 Å². The number of aromatic nitrogens is 1. The van der Waals surface area contributed by atoms with Crippen molar-refractivity contribution in [3.05, 3.63) is 30.0 Å². The number of H-pyrrole nitrogens is 1. The molecule has 1 atom stereocenters. The number of phenolic OH excluding ortho intramolecular Hbond substituents is 1. The monoisotopic (exact) mass is 324 g/mol. The summed E-state index contributed by atoms with van der Waals surface area (Å²) in [5.41, 5.74) is 7.11. The van der Waals surface area contributed by atoms with Crippen molar-refractivity contribution in [2.24, 2.45) is 5.73 Å². The highest BCUT2D eigenvalue weighted by Crippen LogP contribution is 2.23. The Morgan fingerprint density at radius 3 is 2.22 bits per heavy atom. The number of phenols is 1. The minimum Gasteiger partial charge on any atom is -0.508 e. The third-order valence-corrected chi connectivity index (χ3v) is 2.81. The normalized spacial score (nSPS) is 11.3. The summed E-state index contributed by atoms with van der Waals surface area (Å²) < 4.78 is 0. The average molecular weight is 324 g/mol. The van der Waals surface area contributed by atoms with Crippen LogP contribution in [0.5, 0.6) is 5.75 Å². The molecular weight excluding hydrogens is 308 g/mol. The van der Waals surface area contributed by atoms with Gasteiger partial charge in [-0.3, -0.25) is 14.4 Å². The molecule has 9 heteroatoms. The Hall–Kier alpha value is -3.07. The number of nitrogens with one attached hydrogen (secondary N) is 1. The molecule has 0 aliphatic rings. The van der Waals surface area contributed by atoms with E-state index in [9.17, 15) is 19.5 Å². The molecule has 0 radical (unpaired) electrons. The van der Waals surface area contributed by atoms with E-state index in [0.717, 1.165) is 16.5 Å². The molecule has 0 unspecified atom stereocenters. The van der Waals surface area contributed by atoms with E-state index in [0.29, 0.717) is 0 Å². The Morgan fingerprint density at radius 1 is 1.13 bits per heavy atom. The number of rotatable bonds is 5. The summed E-state index contributed by atoms with van der Waals surface area (Å²) in [5.74, 6) is -3.51. The molecule has 2 rings (SSSR count). The summed E-state index contributed by atoms with van der Waals surface area (Å²) in [6.45, 7) is 0. The van der Waals surface area contributed by atoms with E-state index < -0.39 is 30.4 Å². The topological polar surface area (TPSA) is 174 Å². The second kappa shape index (κ2) is 7.80. The molecule has 1 aromatic heterocycles. The Morgan fingerprint density at radius 2 is 1.74 bits per heavy atom. The maximum Gasteiger partial charge on any atom is 0.320 e. The van der Waals surface area contributed by atoms with Crippen LogP contribution in [0, 0.1) is 0 Å². The van der Waals surface area contributed by atoms with Gasteiger partial charge in [-0.25, -0.2) is 0 Å². The minimum absolute atomic E-state index is 0.150. The maximum atomic E-state index is 10.6. The van der Waals surface area contributed by atoms with E-state index in [1.807, 2.05) is 0 Å².